The molecule has 0 aliphatic heterocycles. The zero-order chi connectivity index (χ0) is 8.15. The van der Waals surface area contributed by atoms with Gasteiger partial charge in [0.1, 0.15) is 0 Å². The molecule has 0 amide bonds. The summed E-state index contributed by atoms with van der Waals surface area (Å²) < 4.78 is 0. The van der Waals surface area contributed by atoms with Gasteiger partial charge < -0.3 is 11.5 Å². The predicted octanol–water partition coefficient (Wildman–Crippen LogP) is 0.308. The first-order valence-corrected chi connectivity index (χ1v) is 3.86. The summed E-state index contributed by atoms with van der Waals surface area (Å²) in [7, 11) is 1.96. The van der Waals surface area contributed by atoms with Gasteiger partial charge in [0.25, 0.3) is 0 Å². The van der Waals surface area contributed by atoms with Crippen molar-refractivity contribution in [2.45, 2.75) is 39.0 Å². The van der Waals surface area contributed by atoms with Gasteiger partial charge >= 0.3 is 0 Å². The molecule has 0 bridgehead atoms. The Morgan fingerprint density at radius 1 is 1.10 bits per heavy atom. The van der Waals surface area contributed by atoms with E-state index in [-0.39, 0.29) is 12.3 Å². The van der Waals surface area contributed by atoms with Crippen LogP contribution in [0.1, 0.15) is 26.7 Å². The number of nitrogens with two attached hydrogens (primary N) is 2. The van der Waals surface area contributed by atoms with E-state index < -0.39 is 0 Å². The molecule has 0 aliphatic rings. The molecular weight excluding hydrogens is 126 g/mol. The maximum atomic E-state index is 5.74. The van der Waals surface area contributed by atoms with Crippen molar-refractivity contribution in [2.75, 3.05) is 7.05 Å². The first-order valence-electron chi connectivity index (χ1n) is 3.86. The van der Waals surface area contributed by atoms with Crippen LogP contribution in [0, 0.1) is 0 Å². The second-order valence-electron chi connectivity index (χ2n) is 2.62. The molecule has 2 unspecified atom stereocenters. The molecule has 62 valence electrons. The van der Waals surface area contributed by atoms with E-state index in [1.54, 1.807) is 0 Å². The molecule has 0 heterocycles. The SMILES string of the molecule is CCC(N)N(C)C(N)CC. The maximum absolute atomic E-state index is 5.74. The molecular formula is C7H19N3. The second kappa shape index (κ2) is 4.66. The fourth-order valence-electron chi connectivity index (χ4n) is 0.822. The summed E-state index contributed by atoms with van der Waals surface area (Å²) in [5, 5.41) is 0. The van der Waals surface area contributed by atoms with Gasteiger partial charge in [0.15, 0.2) is 0 Å². The lowest BCUT2D eigenvalue weighted by atomic mass is 10.3. The van der Waals surface area contributed by atoms with Gasteiger partial charge in [-0.1, -0.05) is 13.8 Å². The van der Waals surface area contributed by atoms with Crippen molar-refractivity contribution in [1.29, 1.82) is 0 Å². The lowest BCUT2D eigenvalue weighted by Crippen LogP contribution is -2.49. The highest BCUT2D eigenvalue weighted by Crippen LogP contribution is 1.99. The van der Waals surface area contributed by atoms with Crippen molar-refractivity contribution < 1.29 is 0 Å². The summed E-state index contributed by atoms with van der Waals surface area (Å²) in [6, 6.07) is 0. The fourth-order valence-corrected chi connectivity index (χ4v) is 0.822. The maximum Gasteiger partial charge on any atom is 0.0579 e. The largest absolute Gasteiger partial charge is 0.316 e. The third kappa shape index (κ3) is 2.64. The van der Waals surface area contributed by atoms with Crippen LogP contribution >= 0.6 is 0 Å². The normalized spacial score (nSPS) is 17.4. The molecule has 0 aromatic carbocycles. The lowest BCUT2D eigenvalue weighted by Gasteiger charge is -2.28. The molecule has 0 radical (unpaired) electrons. The third-order valence-electron chi connectivity index (χ3n) is 1.88. The molecule has 0 rings (SSSR count). The summed E-state index contributed by atoms with van der Waals surface area (Å²) >= 11 is 0. The van der Waals surface area contributed by atoms with E-state index in [2.05, 4.69) is 13.8 Å². The van der Waals surface area contributed by atoms with Crippen molar-refractivity contribution in [1.82, 2.24) is 4.90 Å². The first kappa shape index (κ1) is 9.88. The highest BCUT2D eigenvalue weighted by Gasteiger charge is 2.12. The van der Waals surface area contributed by atoms with Crippen molar-refractivity contribution in [3.63, 3.8) is 0 Å². The zero-order valence-electron chi connectivity index (χ0n) is 7.17. The van der Waals surface area contributed by atoms with Crippen molar-refractivity contribution in [3.05, 3.63) is 0 Å². The second-order valence-corrected chi connectivity index (χ2v) is 2.62. The summed E-state index contributed by atoms with van der Waals surface area (Å²) in [5.41, 5.74) is 11.5. The highest BCUT2D eigenvalue weighted by atomic mass is 15.3. The molecule has 0 saturated carbocycles. The van der Waals surface area contributed by atoms with Crippen molar-refractivity contribution in [2.24, 2.45) is 11.5 Å². The molecule has 0 fully saturated rings. The van der Waals surface area contributed by atoms with Crippen molar-refractivity contribution >= 4 is 0 Å². The highest BCUT2D eigenvalue weighted by molar-refractivity contribution is 4.64. The molecule has 3 heteroatoms. The van der Waals surface area contributed by atoms with E-state index in [0.29, 0.717) is 0 Å². The van der Waals surface area contributed by atoms with Crippen LogP contribution in [0.4, 0.5) is 0 Å². The van der Waals surface area contributed by atoms with Crippen LogP contribution in [0.15, 0.2) is 0 Å². The topological polar surface area (TPSA) is 55.3 Å². The van der Waals surface area contributed by atoms with Crippen LogP contribution < -0.4 is 11.5 Å². The van der Waals surface area contributed by atoms with E-state index in [4.69, 9.17) is 11.5 Å². The van der Waals surface area contributed by atoms with Crippen LogP contribution in [0.2, 0.25) is 0 Å². The minimum atomic E-state index is 0.106. The zero-order valence-corrected chi connectivity index (χ0v) is 7.17. The van der Waals surface area contributed by atoms with E-state index in [9.17, 15) is 0 Å². The lowest BCUT2D eigenvalue weighted by molar-refractivity contribution is 0.170. The van der Waals surface area contributed by atoms with Gasteiger partial charge in [0.2, 0.25) is 0 Å². The van der Waals surface area contributed by atoms with E-state index >= 15 is 0 Å². The van der Waals surface area contributed by atoms with Gasteiger partial charge in [-0.05, 0) is 19.9 Å². The Balaban J connectivity index is 3.69. The molecule has 0 spiro atoms. The van der Waals surface area contributed by atoms with E-state index in [1.165, 1.54) is 0 Å². The van der Waals surface area contributed by atoms with Gasteiger partial charge in [-0.2, -0.15) is 0 Å². The third-order valence-corrected chi connectivity index (χ3v) is 1.88. The molecule has 3 nitrogen and oxygen atoms in total. The minimum Gasteiger partial charge on any atom is -0.316 e. The Morgan fingerprint density at radius 3 is 1.60 bits per heavy atom. The summed E-state index contributed by atoms with van der Waals surface area (Å²) in [6.45, 7) is 4.12. The Labute approximate surface area is 63.4 Å². The van der Waals surface area contributed by atoms with Gasteiger partial charge in [-0.25, -0.2) is 0 Å². The quantitative estimate of drug-likeness (QED) is 0.560. The number of nitrogens with zero attached hydrogens (tertiary/aromatic N) is 1. The Hall–Kier alpha value is -0.120. The Kier molecular flexibility index (Phi) is 4.60. The van der Waals surface area contributed by atoms with Gasteiger partial charge in [0, 0.05) is 0 Å². The first-order chi connectivity index (χ1) is 4.63. The molecule has 2 atom stereocenters. The van der Waals surface area contributed by atoms with Crippen LogP contribution in [0.25, 0.3) is 0 Å². The molecule has 0 aliphatic carbocycles. The molecule has 0 aromatic rings. The number of hydrogen-bond acceptors (Lipinski definition) is 3. The Morgan fingerprint density at radius 2 is 1.40 bits per heavy atom. The van der Waals surface area contributed by atoms with Gasteiger partial charge in [-0.3, -0.25) is 4.90 Å². The molecule has 0 aromatic heterocycles. The molecule has 10 heavy (non-hydrogen) atoms. The van der Waals surface area contributed by atoms with E-state index in [0.717, 1.165) is 12.8 Å². The van der Waals surface area contributed by atoms with Gasteiger partial charge in [0.05, 0.1) is 12.3 Å². The minimum absolute atomic E-state index is 0.106. The number of rotatable bonds is 4. The van der Waals surface area contributed by atoms with Crippen LogP contribution in [0.5, 0.6) is 0 Å². The average molecular weight is 145 g/mol. The van der Waals surface area contributed by atoms with E-state index in [1.807, 2.05) is 11.9 Å². The van der Waals surface area contributed by atoms with Gasteiger partial charge in [-0.15, -0.1) is 0 Å². The summed E-state index contributed by atoms with van der Waals surface area (Å²) in [5.74, 6) is 0. The van der Waals surface area contributed by atoms with Crippen molar-refractivity contribution in [3.8, 4) is 0 Å². The summed E-state index contributed by atoms with van der Waals surface area (Å²) in [4.78, 5) is 2.00. The molecule has 0 saturated heterocycles. The predicted molar refractivity (Wildman–Crippen MR) is 44.3 cm³/mol. The van der Waals surface area contributed by atoms with Crippen LogP contribution in [-0.4, -0.2) is 24.3 Å². The number of hydrogen-bond donors (Lipinski definition) is 2. The average Bonchev–Trinajstić information content (AvgIpc) is 2.00. The Bertz CT molecular complexity index is 74.9. The smallest absolute Gasteiger partial charge is 0.0579 e. The molecule has 4 N–H and O–H groups in total. The monoisotopic (exact) mass is 145 g/mol. The fraction of sp³-hybridized carbons (Fsp3) is 1.00. The summed E-state index contributed by atoms with van der Waals surface area (Å²) in [6.07, 6.45) is 2.11. The standard InChI is InChI=1S/C7H19N3/c1-4-6(8)10(3)7(9)5-2/h6-7H,4-5,8-9H2,1-3H3. The van der Waals surface area contributed by atoms with Crippen LogP contribution in [-0.2, 0) is 0 Å². The van der Waals surface area contributed by atoms with Crippen LogP contribution in [0.3, 0.4) is 0 Å².